The van der Waals surface area contributed by atoms with Crippen LogP contribution in [0.1, 0.15) is 24.4 Å². The van der Waals surface area contributed by atoms with Gasteiger partial charge in [0.1, 0.15) is 17.5 Å². The van der Waals surface area contributed by atoms with Gasteiger partial charge in [-0.2, -0.15) is 0 Å². The van der Waals surface area contributed by atoms with Crippen molar-refractivity contribution >= 4 is 22.5 Å². The first-order chi connectivity index (χ1) is 11.3. The van der Waals surface area contributed by atoms with Gasteiger partial charge in [0.15, 0.2) is 0 Å². The van der Waals surface area contributed by atoms with Crippen LogP contribution in [0.15, 0.2) is 35.1 Å². The van der Waals surface area contributed by atoms with Gasteiger partial charge >= 0.3 is 0 Å². The lowest BCUT2D eigenvalue weighted by molar-refractivity contribution is 0.572. The third-order valence-electron chi connectivity index (χ3n) is 3.80. The molecule has 0 saturated carbocycles. The number of hydrogen-bond acceptors (Lipinski definition) is 3. The molecule has 2 N–H and O–H groups in total. The molecule has 0 saturated heterocycles. The zero-order chi connectivity index (χ0) is 17.6. The van der Waals surface area contributed by atoms with Gasteiger partial charge in [-0.05, 0) is 32.0 Å². The number of fused-ring (bicyclic) bond motifs is 1. The number of benzene rings is 2. The monoisotopic (exact) mass is 349 g/mol. The van der Waals surface area contributed by atoms with Gasteiger partial charge in [0, 0.05) is 11.6 Å². The van der Waals surface area contributed by atoms with Crippen LogP contribution < -0.4 is 11.3 Å². The van der Waals surface area contributed by atoms with E-state index in [2.05, 4.69) is 4.98 Å². The Morgan fingerprint density at radius 1 is 1.29 bits per heavy atom. The normalized spacial score (nSPS) is 12.6. The van der Waals surface area contributed by atoms with Crippen molar-refractivity contribution in [2.45, 2.75) is 19.9 Å². The van der Waals surface area contributed by atoms with Crippen LogP contribution in [0.2, 0.25) is 5.02 Å². The molecule has 3 aromatic rings. The highest BCUT2D eigenvalue weighted by Gasteiger charge is 2.20. The number of halogens is 3. The van der Waals surface area contributed by atoms with E-state index in [9.17, 15) is 13.6 Å². The maximum Gasteiger partial charge on any atom is 0.267 e. The van der Waals surface area contributed by atoms with Crippen LogP contribution in [0, 0.1) is 18.6 Å². The van der Waals surface area contributed by atoms with Crippen molar-refractivity contribution < 1.29 is 8.78 Å². The van der Waals surface area contributed by atoms with Crippen molar-refractivity contribution in [2.75, 3.05) is 0 Å². The molecule has 4 nitrogen and oxygen atoms in total. The van der Waals surface area contributed by atoms with Crippen LogP contribution in [0.5, 0.6) is 0 Å². The predicted molar refractivity (Wildman–Crippen MR) is 89.6 cm³/mol. The second-order valence-corrected chi connectivity index (χ2v) is 5.97. The molecule has 7 heteroatoms. The maximum atomic E-state index is 14.0. The highest BCUT2D eigenvalue weighted by molar-refractivity contribution is 6.35. The molecule has 0 spiro atoms. The Balaban J connectivity index is 2.52. The molecule has 0 radical (unpaired) electrons. The highest BCUT2D eigenvalue weighted by atomic mass is 35.5. The van der Waals surface area contributed by atoms with E-state index in [0.717, 1.165) is 16.7 Å². The van der Waals surface area contributed by atoms with Crippen LogP contribution in [0.4, 0.5) is 8.78 Å². The SMILES string of the molecule is Cc1c(F)cc(F)cc1-n1c(C(C)N)nc2cccc(Cl)c2c1=O. The van der Waals surface area contributed by atoms with Crippen LogP contribution in [0.25, 0.3) is 16.6 Å². The van der Waals surface area contributed by atoms with E-state index in [4.69, 9.17) is 17.3 Å². The molecule has 0 aliphatic carbocycles. The zero-order valence-corrected chi connectivity index (χ0v) is 13.7. The number of rotatable bonds is 2. The van der Waals surface area contributed by atoms with Crippen molar-refractivity contribution in [3.8, 4) is 5.69 Å². The van der Waals surface area contributed by atoms with Crippen molar-refractivity contribution in [3.05, 3.63) is 68.7 Å². The van der Waals surface area contributed by atoms with Crippen LogP contribution in [-0.4, -0.2) is 9.55 Å². The molecule has 0 aliphatic heterocycles. The molecule has 124 valence electrons. The molecule has 0 bridgehead atoms. The second-order valence-electron chi connectivity index (χ2n) is 5.56. The minimum absolute atomic E-state index is 0.0547. The van der Waals surface area contributed by atoms with Crippen LogP contribution in [0.3, 0.4) is 0 Å². The first kappa shape index (κ1) is 16.5. The average molecular weight is 350 g/mol. The van der Waals surface area contributed by atoms with Crippen LogP contribution in [-0.2, 0) is 0 Å². The Morgan fingerprint density at radius 2 is 2.00 bits per heavy atom. The molecule has 24 heavy (non-hydrogen) atoms. The Hall–Kier alpha value is -2.31. The van der Waals surface area contributed by atoms with Crippen molar-refractivity contribution in [3.63, 3.8) is 0 Å². The molecule has 2 aromatic carbocycles. The van der Waals surface area contributed by atoms with E-state index >= 15 is 0 Å². The lowest BCUT2D eigenvalue weighted by atomic mass is 10.1. The summed E-state index contributed by atoms with van der Waals surface area (Å²) in [5.41, 5.74) is 5.97. The fourth-order valence-electron chi connectivity index (χ4n) is 2.61. The molecule has 1 aromatic heterocycles. The van der Waals surface area contributed by atoms with Crippen LogP contribution >= 0.6 is 11.6 Å². The predicted octanol–water partition coefficient (Wildman–Crippen LogP) is 3.65. The van der Waals surface area contributed by atoms with Crippen molar-refractivity contribution in [1.29, 1.82) is 0 Å². The summed E-state index contributed by atoms with van der Waals surface area (Å²) >= 11 is 6.12. The zero-order valence-electron chi connectivity index (χ0n) is 13.0. The molecule has 1 unspecified atom stereocenters. The third-order valence-corrected chi connectivity index (χ3v) is 4.12. The molecular formula is C17H14ClF2N3O. The van der Waals surface area contributed by atoms with Gasteiger partial charge in [-0.15, -0.1) is 0 Å². The summed E-state index contributed by atoms with van der Waals surface area (Å²) in [6.07, 6.45) is 0. The molecule has 0 fully saturated rings. The first-order valence-corrected chi connectivity index (χ1v) is 7.62. The van der Waals surface area contributed by atoms with Crippen molar-refractivity contribution in [2.24, 2.45) is 5.73 Å². The standard InChI is InChI=1S/C17H14ClF2N3O/c1-8-12(20)6-10(19)7-14(8)23-16(9(2)21)22-13-5-3-4-11(18)15(13)17(23)24/h3-7,9H,21H2,1-2H3. The Bertz CT molecular complexity index is 1010. The fourth-order valence-corrected chi connectivity index (χ4v) is 2.86. The highest BCUT2D eigenvalue weighted by Crippen LogP contribution is 2.24. The molecule has 3 rings (SSSR count). The van der Waals surface area contributed by atoms with Gasteiger partial charge in [0.2, 0.25) is 0 Å². The Morgan fingerprint density at radius 3 is 2.67 bits per heavy atom. The first-order valence-electron chi connectivity index (χ1n) is 7.24. The van der Waals surface area contributed by atoms with Gasteiger partial charge in [0.05, 0.1) is 27.7 Å². The lowest BCUT2D eigenvalue weighted by Crippen LogP contribution is -2.28. The van der Waals surface area contributed by atoms with Gasteiger partial charge in [-0.3, -0.25) is 9.36 Å². The van der Waals surface area contributed by atoms with E-state index in [0.29, 0.717) is 5.52 Å². The Labute approximate surface area is 141 Å². The molecule has 0 amide bonds. The second kappa shape index (κ2) is 5.96. The molecular weight excluding hydrogens is 336 g/mol. The van der Waals surface area contributed by atoms with E-state index in [1.165, 1.54) is 6.92 Å². The van der Waals surface area contributed by atoms with E-state index in [1.807, 2.05) is 0 Å². The largest absolute Gasteiger partial charge is 0.322 e. The Kier molecular flexibility index (Phi) is 4.11. The summed E-state index contributed by atoms with van der Waals surface area (Å²) < 4.78 is 28.8. The number of nitrogens with two attached hydrogens (primary N) is 1. The molecule has 1 heterocycles. The smallest absolute Gasteiger partial charge is 0.267 e. The molecule has 0 aliphatic rings. The van der Waals surface area contributed by atoms with Gasteiger partial charge in [-0.25, -0.2) is 13.8 Å². The fraction of sp³-hybridized carbons (Fsp3) is 0.176. The lowest BCUT2D eigenvalue weighted by Gasteiger charge is -2.18. The summed E-state index contributed by atoms with van der Waals surface area (Å²) in [6.45, 7) is 3.10. The number of nitrogens with zero attached hydrogens (tertiary/aromatic N) is 2. The summed E-state index contributed by atoms with van der Waals surface area (Å²) in [5.74, 6) is -1.36. The van der Waals surface area contributed by atoms with E-state index in [1.54, 1.807) is 25.1 Å². The van der Waals surface area contributed by atoms with Gasteiger partial charge in [0.25, 0.3) is 5.56 Å². The van der Waals surface area contributed by atoms with Crippen molar-refractivity contribution in [1.82, 2.24) is 9.55 Å². The van der Waals surface area contributed by atoms with E-state index < -0.39 is 23.2 Å². The maximum absolute atomic E-state index is 14.0. The average Bonchev–Trinajstić information content (AvgIpc) is 2.50. The minimum Gasteiger partial charge on any atom is -0.322 e. The van der Waals surface area contributed by atoms with E-state index in [-0.39, 0.29) is 27.5 Å². The van der Waals surface area contributed by atoms with Gasteiger partial charge < -0.3 is 5.73 Å². The number of hydrogen-bond donors (Lipinski definition) is 1. The summed E-state index contributed by atoms with van der Waals surface area (Å²) in [5, 5.41) is 0.386. The third kappa shape index (κ3) is 2.57. The summed E-state index contributed by atoms with van der Waals surface area (Å²) in [4.78, 5) is 17.4. The quantitative estimate of drug-likeness (QED) is 0.768. The minimum atomic E-state index is -0.796. The van der Waals surface area contributed by atoms with Gasteiger partial charge in [-0.1, -0.05) is 17.7 Å². The summed E-state index contributed by atoms with van der Waals surface area (Å²) in [7, 11) is 0. The topological polar surface area (TPSA) is 60.9 Å². The summed E-state index contributed by atoms with van der Waals surface area (Å²) in [6, 6.07) is 6.07. The molecule has 1 atom stereocenters. The number of aromatic nitrogens is 2.